The summed E-state index contributed by atoms with van der Waals surface area (Å²) in [6, 6.07) is 10.2. The number of hydrogen-bond donors (Lipinski definition) is 2. The largest absolute Gasteiger partial charge is 0.439 e. The minimum Gasteiger partial charge on any atom is -0.439 e. The van der Waals surface area contributed by atoms with E-state index in [4.69, 9.17) is 10.00 Å². The molecule has 1 aliphatic rings. The molecule has 27 heavy (non-hydrogen) atoms. The van der Waals surface area contributed by atoms with Crippen molar-refractivity contribution in [1.82, 2.24) is 15.3 Å². The number of carbonyl (C=O) groups is 1. The molecule has 0 aliphatic heterocycles. The van der Waals surface area contributed by atoms with E-state index in [1.54, 1.807) is 37.3 Å². The molecule has 1 aromatic heterocycles. The van der Waals surface area contributed by atoms with E-state index in [9.17, 15) is 4.79 Å². The Kier molecular flexibility index (Phi) is 5.55. The average molecular weight is 365 g/mol. The molecule has 7 nitrogen and oxygen atoms in total. The standard InChI is InChI=1S/C20H23N5O2/c1-14-12-17(27-16-8-6-15(13-21)7-9-16)23-18(22-14)24-19(26)25-20(2)10-4-3-5-11-20/h6-9,12H,3-5,10-11H2,1-2H3,(H2,22,23,24,25,26). The summed E-state index contributed by atoms with van der Waals surface area (Å²) in [7, 11) is 0. The third kappa shape index (κ3) is 5.17. The molecule has 0 spiro atoms. The molecule has 1 fully saturated rings. The second kappa shape index (κ2) is 8.04. The summed E-state index contributed by atoms with van der Waals surface area (Å²) in [6.45, 7) is 3.88. The fourth-order valence-corrected chi connectivity index (χ4v) is 3.23. The van der Waals surface area contributed by atoms with Gasteiger partial charge in [-0.1, -0.05) is 19.3 Å². The second-order valence-electron chi connectivity index (χ2n) is 7.11. The lowest BCUT2D eigenvalue weighted by Crippen LogP contribution is -2.49. The molecule has 0 unspecified atom stereocenters. The first-order valence-corrected chi connectivity index (χ1v) is 9.09. The van der Waals surface area contributed by atoms with Crippen molar-refractivity contribution in [2.75, 3.05) is 5.32 Å². The Morgan fingerprint density at radius 3 is 2.56 bits per heavy atom. The molecule has 3 rings (SSSR count). The van der Waals surface area contributed by atoms with Gasteiger partial charge in [0, 0.05) is 17.3 Å². The predicted octanol–water partition coefficient (Wildman–Crippen LogP) is 4.29. The zero-order valence-corrected chi connectivity index (χ0v) is 15.6. The van der Waals surface area contributed by atoms with E-state index in [1.165, 1.54) is 6.42 Å². The van der Waals surface area contributed by atoms with E-state index in [-0.39, 0.29) is 17.5 Å². The van der Waals surface area contributed by atoms with Crippen LogP contribution in [0.3, 0.4) is 0 Å². The minimum atomic E-state index is -0.311. The minimum absolute atomic E-state index is 0.187. The van der Waals surface area contributed by atoms with Gasteiger partial charge in [0.2, 0.25) is 11.8 Å². The summed E-state index contributed by atoms with van der Waals surface area (Å²) in [4.78, 5) is 20.9. The second-order valence-corrected chi connectivity index (χ2v) is 7.11. The Bertz CT molecular complexity index is 852. The van der Waals surface area contributed by atoms with E-state index < -0.39 is 0 Å². The first-order valence-electron chi connectivity index (χ1n) is 9.09. The lowest BCUT2D eigenvalue weighted by molar-refractivity contribution is 0.221. The van der Waals surface area contributed by atoms with Crippen molar-refractivity contribution in [1.29, 1.82) is 5.26 Å². The van der Waals surface area contributed by atoms with Gasteiger partial charge in [-0.3, -0.25) is 5.32 Å². The molecule has 2 amide bonds. The zero-order valence-electron chi connectivity index (χ0n) is 15.6. The van der Waals surface area contributed by atoms with Crippen LogP contribution >= 0.6 is 0 Å². The fourth-order valence-electron chi connectivity index (χ4n) is 3.23. The summed E-state index contributed by atoms with van der Waals surface area (Å²) in [5, 5.41) is 14.6. The molecular weight excluding hydrogens is 342 g/mol. The number of aryl methyl sites for hydroxylation is 1. The van der Waals surface area contributed by atoms with Gasteiger partial charge in [-0.05, 0) is 51.0 Å². The van der Waals surface area contributed by atoms with Crippen molar-refractivity contribution in [3.63, 3.8) is 0 Å². The van der Waals surface area contributed by atoms with Gasteiger partial charge < -0.3 is 10.1 Å². The summed E-state index contributed by atoms with van der Waals surface area (Å²) in [5.74, 6) is 1.07. The van der Waals surface area contributed by atoms with Crippen LogP contribution < -0.4 is 15.4 Å². The summed E-state index contributed by atoms with van der Waals surface area (Å²) in [6.07, 6.45) is 5.42. The van der Waals surface area contributed by atoms with Crippen molar-refractivity contribution in [3.8, 4) is 17.7 Å². The topological polar surface area (TPSA) is 99.9 Å². The van der Waals surface area contributed by atoms with E-state index in [0.717, 1.165) is 25.7 Å². The monoisotopic (exact) mass is 365 g/mol. The number of anilines is 1. The third-order valence-corrected chi connectivity index (χ3v) is 4.63. The van der Waals surface area contributed by atoms with E-state index in [1.807, 2.05) is 0 Å². The van der Waals surface area contributed by atoms with E-state index in [0.29, 0.717) is 22.9 Å². The molecule has 1 aromatic carbocycles. The van der Waals surface area contributed by atoms with Crippen LogP contribution in [0.15, 0.2) is 30.3 Å². The van der Waals surface area contributed by atoms with Crippen LogP contribution in [0, 0.1) is 18.3 Å². The number of urea groups is 1. The van der Waals surface area contributed by atoms with Crippen LogP contribution in [0.5, 0.6) is 11.6 Å². The maximum absolute atomic E-state index is 12.4. The first kappa shape index (κ1) is 18.6. The smallest absolute Gasteiger partial charge is 0.322 e. The van der Waals surface area contributed by atoms with Gasteiger partial charge in [-0.15, -0.1) is 0 Å². The quantitative estimate of drug-likeness (QED) is 0.842. The van der Waals surface area contributed by atoms with Gasteiger partial charge in [-0.2, -0.15) is 10.2 Å². The van der Waals surface area contributed by atoms with Gasteiger partial charge in [-0.25, -0.2) is 9.78 Å². The van der Waals surface area contributed by atoms with Crippen molar-refractivity contribution >= 4 is 12.0 Å². The number of amides is 2. The van der Waals surface area contributed by atoms with Crippen molar-refractivity contribution in [2.24, 2.45) is 0 Å². The highest BCUT2D eigenvalue weighted by atomic mass is 16.5. The maximum atomic E-state index is 12.4. The number of aromatic nitrogens is 2. The van der Waals surface area contributed by atoms with Gasteiger partial charge in [0.15, 0.2) is 0 Å². The van der Waals surface area contributed by atoms with Crippen molar-refractivity contribution < 1.29 is 9.53 Å². The molecule has 2 aromatic rings. The third-order valence-electron chi connectivity index (χ3n) is 4.63. The number of ether oxygens (including phenoxy) is 1. The Morgan fingerprint density at radius 2 is 1.89 bits per heavy atom. The maximum Gasteiger partial charge on any atom is 0.322 e. The number of nitrogens with one attached hydrogen (secondary N) is 2. The molecule has 140 valence electrons. The highest BCUT2D eigenvalue weighted by Crippen LogP contribution is 2.27. The molecule has 0 bridgehead atoms. The van der Waals surface area contributed by atoms with Crippen LogP contribution in [0.4, 0.5) is 10.7 Å². The van der Waals surface area contributed by atoms with E-state index >= 15 is 0 Å². The number of hydrogen-bond acceptors (Lipinski definition) is 5. The molecule has 1 saturated carbocycles. The number of carbonyl (C=O) groups excluding carboxylic acids is 1. The van der Waals surface area contributed by atoms with Crippen LogP contribution in [-0.2, 0) is 0 Å². The lowest BCUT2D eigenvalue weighted by atomic mass is 9.83. The molecule has 2 N–H and O–H groups in total. The Hall–Kier alpha value is -3.14. The first-order chi connectivity index (χ1) is 13.0. The van der Waals surface area contributed by atoms with Gasteiger partial charge in [0.25, 0.3) is 0 Å². The zero-order chi connectivity index (χ0) is 19.3. The van der Waals surface area contributed by atoms with E-state index in [2.05, 4.69) is 33.6 Å². The lowest BCUT2D eigenvalue weighted by Gasteiger charge is -2.34. The number of nitrogens with zero attached hydrogens (tertiary/aromatic N) is 3. The Balaban J connectivity index is 1.67. The van der Waals surface area contributed by atoms with Crippen LogP contribution in [0.2, 0.25) is 0 Å². The molecule has 0 radical (unpaired) electrons. The van der Waals surface area contributed by atoms with Crippen molar-refractivity contribution in [2.45, 2.75) is 51.5 Å². The highest BCUT2D eigenvalue weighted by Gasteiger charge is 2.28. The van der Waals surface area contributed by atoms with Crippen LogP contribution in [0.1, 0.15) is 50.3 Å². The molecule has 1 heterocycles. The van der Waals surface area contributed by atoms with Gasteiger partial charge in [0.1, 0.15) is 5.75 Å². The molecule has 7 heteroatoms. The molecular formula is C20H23N5O2. The van der Waals surface area contributed by atoms with Crippen LogP contribution in [-0.4, -0.2) is 21.5 Å². The number of rotatable bonds is 4. The van der Waals surface area contributed by atoms with Gasteiger partial charge >= 0.3 is 6.03 Å². The summed E-state index contributed by atoms with van der Waals surface area (Å²) in [5.41, 5.74) is 1.04. The normalized spacial score (nSPS) is 15.4. The Labute approximate surface area is 158 Å². The highest BCUT2D eigenvalue weighted by molar-refractivity contribution is 5.88. The number of nitriles is 1. The van der Waals surface area contributed by atoms with Gasteiger partial charge in [0.05, 0.1) is 11.6 Å². The molecule has 0 saturated heterocycles. The molecule has 0 atom stereocenters. The SMILES string of the molecule is Cc1cc(Oc2ccc(C#N)cc2)nc(NC(=O)NC2(C)CCCCC2)n1. The van der Waals surface area contributed by atoms with Crippen LogP contribution in [0.25, 0.3) is 0 Å². The summed E-state index contributed by atoms with van der Waals surface area (Å²) < 4.78 is 5.72. The fraction of sp³-hybridized carbons (Fsp3) is 0.400. The summed E-state index contributed by atoms with van der Waals surface area (Å²) >= 11 is 0. The Morgan fingerprint density at radius 1 is 1.19 bits per heavy atom. The van der Waals surface area contributed by atoms with Crippen molar-refractivity contribution in [3.05, 3.63) is 41.6 Å². The predicted molar refractivity (Wildman–Crippen MR) is 102 cm³/mol. The number of benzene rings is 1. The average Bonchev–Trinajstić information content (AvgIpc) is 2.62. The molecule has 1 aliphatic carbocycles.